The minimum absolute atomic E-state index is 0.192. The molecule has 0 amide bonds. The van der Waals surface area contributed by atoms with Gasteiger partial charge in [0.1, 0.15) is 23.3 Å². The first kappa shape index (κ1) is 19.5. The lowest BCUT2D eigenvalue weighted by molar-refractivity contribution is 0.383. The Balaban J connectivity index is 1.68. The quantitative estimate of drug-likeness (QED) is 0.769. The molecule has 1 aromatic heterocycles. The van der Waals surface area contributed by atoms with Crippen LogP contribution in [0, 0.1) is 12.7 Å². The van der Waals surface area contributed by atoms with Crippen LogP contribution in [-0.4, -0.2) is 63.0 Å². The smallest absolute Gasteiger partial charge is 0.218 e. The molecule has 27 heavy (non-hydrogen) atoms. The molecule has 146 valence electrons. The summed E-state index contributed by atoms with van der Waals surface area (Å²) in [6.07, 6.45) is 0. The lowest BCUT2D eigenvalue weighted by Gasteiger charge is -2.35. The lowest BCUT2D eigenvalue weighted by atomic mass is 10.2. The molecule has 1 saturated heterocycles. The van der Waals surface area contributed by atoms with Crippen molar-refractivity contribution in [3.63, 3.8) is 0 Å². The molecule has 9 heteroatoms. The summed E-state index contributed by atoms with van der Waals surface area (Å²) in [6.45, 7) is 3.68. The fourth-order valence-corrected chi connectivity index (χ4v) is 4.55. The first-order valence-electron chi connectivity index (χ1n) is 8.75. The zero-order valence-electron chi connectivity index (χ0n) is 15.8. The van der Waals surface area contributed by atoms with Gasteiger partial charge in [-0.1, -0.05) is 12.1 Å². The minimum atomic E-state index is -3.49. The van der Waals surface area contributed by atoms with Crippen molar-refractivity contribution in [2.75, 3.05) is 50.1 Å². The molecular formula is C18H24FN5O2S. The second-order valence-corrected chi connectivity index (χ2v) is 8.77. The highest BCUT2D eigenvalue weighted by Crippen LogP contribution is 2.21. The van der Waals surface area contributed by atoms with Crippen LogP contribution >= 0.6 is 0 Å². The van der Waals surface area contributed by atoms with Gasteiger partial charge in [-0.05, 0) is 24.6 Å². The Bertz CT molecular complexity index is 912. The molecule has 3 rings (SSSR count). The Morgan fingerprint density at radius 2 is 1.81 bits per heavy atom. The Morgan fingerprint density at radius 3 is 2.44 bits per heavy atom. The van der Waals surface area contributed by atoms with Crippen molar-refractivity contribution in [2.24, 2.45) is 0 Å². The third kappa shape index (κ3) is 4.72. The molecule has 0 bridgehead atoms. The molecule has 0 aliphatic carbocycles. The number of hydrogen-bond donors (Lipinski definition) is 0. The van der Waals surface area contributed by atoms with E-state index in [-0.39, 0.29) is 5.75 Å². The number of halogens is 1. The Hall–Kier alpha value is -2.26. The van der Waals surface area contributed by atoms with E-state index in [1.165, 1.54) is 22.5 Å². The van der Waals surface area contributed by atoms with Crippen molar-refractivity contribution in [2.45, 2.75) is 12.7 Å². The maximum atomic E-state index is 13.3. The van der Waals surface area contributed by atoms with Gasteiger partial charge in [-0.2, -0.15) is 4.31 Å². The average molecular weight is 393 g/mol. The number of anilines is 2. The molecule has 2 heterocycles. The zero-order valence-corrected chi connectivity index (χ0v) is 16.6. The molecule has 1 aliphatic heterocycles. The van der Waals surface area contributed by atoms with Gasteiger partial charge in [-0.3, -0.25) is 0 Å². The van der Waals surface area contributed by atoms with Gasteiger partial charge in [-0.25, -0.2) is 22.8 Å². The van der Waals surface area contributed by atoms with E-state index in [2.05, 4.69) is 14.9 Å². The van der Waals surface area contributed by atoms with Gasteiger partial charge in [0.2, 0.25) is 10.0 Å². The third-order valence-electron chi connectivity index (χ3n) is 4.46. The Kier molecular flexibility index (Phi) is 5.61. The first-order chi connectivity index (χ1) is 12.7. The summed E-state index contributed by atoms with van der Waals surface area (Å²) in [7, 11) is 0.349. The van der Waals surface area contributed by atoms with Crippen molar-refractivity contribution in [1.29, 1.82) is 0 Å². The highest BCUT2D eigenvalue weighted by atomic mass is 32.2. The molecule has 0 saturated carbocycles. The summed E-state index contributed by atoms with van der Waals surface area (Å²) >= 11 is 0. The maximum Gasteiger partial charge on any atom is 0.218 e. The van der Waals surface area contributed by atoms with Gasteiger partial charge in [0, 0.05) is 46.3 Å². The fraction of sp³-hybridized carbons (Fsp3) is 0.444. The average Bonchev–Trinajstić information content (AvgIpc) is 2.61. The number of sulfonamides is 1. The predicted molar refractivity (Wildman–Crippen MR) is 104 cm³/mol. The van der Waals surface area contributed by atoms with Crippen LogP contribution in [0.4, 0.5) is 16.0 Å². The largest absolute Gasteiger partial charge is 0.363 e. The number of aromatic nitrogens is 2. The predicted octanol–water partition coefficient (Wildman–Crippen LogP) is 1.64. The van der Waals surface area contributed by atoms with Crippen LogP contribution in [-0.2, 0) is 15.8 Å². The number of piperazine rings is 1. The number of aryl methyl sites for hydroxylation is 1. The molecule has 7 nitrogen and oxygen atoms in total. The molecule has 0 atom stereocenters. The van der Waals surface area contributed by atoms with E-state index < -0.39 is 15.8 Å². The Morgan fingerprint density at radius 1 is 1.11 bits per heavy atom. The molecule has 2 aromatic rings. The van der Waals surface area contributed by atoms with E-state index in [0.717, 1.165) is 11.6 Å². The summed E-state index contributed by atoms with van der Waals surface area (Å²) in [6, 6.07) is 7.63. The fourth-order valence-electron chi connectivity index (χ4n) is 3.05. The van der Waals surface area contributed by atoms with Crippen molar-refractivity contribution >= 4 is 21.7 Å². The summed E-state index contributed by atoms with van der Waals surface area (Å²) in [4.78, 5) is 12.9. The third-order valence-corrected chi connectivity index (χ3v) is 6.31. The normalized spacial score (nSPS) is 15.8. The Labute approximate surface area is 159 Å². The summed E-state index contributed by atoms with van der Waals surface area (Å²) in [5, 5.41) is 0. The van der Waals surface area contributed by atoms with Crippen LogP contribution in [0.1, 0.15) is 11.4 Å². The standard InChI is InChI=1S/C18H24FN5O2S/c1-14-20-17(22(2)3)12-18(21-14)23-7-9-24(10-8-23)27(25,26)13-15-5-4-6-16(19)11-15/h4-6,11-12H,7-10,13H2,1-3H3. The molecule has 0 radical (unpaired) electrons. The number of hydrogen-bond acceptors (Lipinski definition) is 6. The number of rotatable bonds is 5. The van der Waals surface area contributed by atoms with Gasteiger partial charge in [0.05, 0.1) is 5.75 Å². The topological polar surface area (TPSA) is 69.6 Å². The molecule has 0 N–H and O–H groups in total. The van der Waals surface area contributed by atoms with E-state index in [1.54, 1.807) is 6.07 Å². The molecular weight excluding hydrogens is 369 g/mol. The summed E-state index contributed by atoms with van der Waals surface area (Å²) in [5.74, 6) is 1.68. The van der Waals surface area contributed by atoms with Crippen LogP contribution in [0.3, 0.4) is 0 Å². The van der Waals surface area contributed by atoms with Crippen molar-refractivity contribution in [1.82, 2.24) is 14.3 Å². The maximum absolute atomic E-state index is 13.3. The van der Waals surface area contributed by atoms with Gasteiger partial charge in [0.15, 0.2) is 0 Å². The van der Waals surface area contributed by atoms with Gasteiger partial charge >= 0.3 is 0 Å². The van der Waals surface area contributed by atoms with E-state index in [0.29, 0.717) is 37.6 Å². The second kappa shape index (κ2) is 7.77. The number of benzene rings is 1. The molecule has 0 unspecified atom stereocenters. The van der Waals surface area contributed by atoms with Crippen LogP contribution in [0.2, 0.25) is 0 Å². The van der Waals surface area contributed by atoms with Gasteiger partial charge < -0.3 is 9.80 Å². The van der Waals surface area contributed by atoms with E-state index in [1.807, 2.05) is 32.0 Å². The van der Waals surface area contributed by atoms with Gasteiger partial charge in [-0.15, -0.1) is 0 Å². The van der Waals surface area contributed by atoms with E-state index in [4.69, 9.17) is 0 Å². The molecule has 1 fully saturated rings. The monoisotopic (exact) mass is 393 g/mol. The number of nitrogens with zero attached hydrogens (tertiary/aromatic N) is 5. The summed E-state index contributed by atoms with van der Waals surface area (Å²) < 4.78 is 40.1. The van der Waals surface area contributed by atoms with Crippen LogP contribution in [0.25, 0.3) is 0 Å². The first-order valence-corrected chi connectivity index (χ1v) is 10.4. The highest BCUT2D eigenvalue weighted by Gasteiger charge is 2.28. The molecule has 1 aliphatic rings. The van der Waals surface area contributed by atoms with Crippen LogP contribution < -0.4 is 9.80 Å². The lowest BCUT2D eigenvalue weighted by Crippen LogP contribution is -2.49. The van der Waals surface area contributed by atoms with Crippen LogP contribution in [0.5, 0.6) is 0 Å². The highest BCUT2D eigenvalue weighted by molar-refractivity contribution is 7.88. The molecule has 0 spiro atoms. The molecule has 1 aromatic carbocycles. The van der Waals surface area contributed by atoms with Gasteiger partial charge in [0.25, 0.3) is 0 Å². The van der Waals surface area contributed by atoms with E-state index in [9.17, 15) is 12.8 Å². The minimum Gasteiger partial charge on any atom is -0.363 e. The zero-order chi connectivity index (χ0) is 19.6. The van der Waals surface area contributed by atoms with Crippen LogP contribution in [0.15, 0.2) is 30.3 Å². The van der Waals surface area contributed by atoms with Crippen molar-refractivity contribution in [3.8, 4) is 0 Å². The van der Waals surface area contributed by atoms with Crippen molar-refractivity contribution in [3.05, 3.63) is 47.5 Å². The SMILES string of the molecule is Cc1nc(N(C)C)cc(N2CCN(S(=O)(=O)Cc3cccc(F)c3)CC2)n1. The van der Waals surface area contributed by atoms with Crippen molar-refractivity contribution < 1.29 is 12.8 Å². The second-order valence-electron chi connectivity index (χ2n) is 6.80. The van der Waals surface area contributed by atoms with E-state index >= 15 is 0 Å². The summed E-state index contributed by atoms with van der Waals surface area (Å²) in [5.41, 5.74) is 0.458.